The first kappa shape index (κ1) is 26.1. The quantitative estimate of drug-likeness (QED) is 0.191. The third-order valence-corrected chi connectivity index (χ3v) is 7.97. The largest absolute Gasteiger partial charge is 0.487 e. The minimum Gasteiger partial charge on any atom is -0.487 e. The van der Waals surface area contributed by atoms with Crippen molar-refractivity contribution in [2.45, 2.75) is 59.0 Å². The molecule has 4 aromatic rings. The first-order valence-electron chi connectivity index (χ1n) is 12.3. The smallest absolute Gasteiger partial charge is 0.329 e. The molecule has 0 radical (unpaired) electrons. The molecule has 0 atom stereocenters. The zero-order valence-electron chi connectivity index (χ0n) is 21.3. The number of aromatic nitrogens is 2. The van der Waals surface area contributed by atoms with E-state index >= 15 is 0 Å². The molecular formula is C28H34N3O4P. The average Bonchev–Trinajstić information content (AvgIpc) is 2.82. The molecule has 8 heteroatoms. The molecule has 7 nitrogen and oxygen atoms in total. The van der Waals surface area contributed by atoms with Crippen molar-refractivity contribution < 1.29 is 19.1 Å². The lowest BCUT2D eigenvalue weighted by Crippen LogP contribution is -2.38. The predicted molar refractivity (Wildman–Crippen MR) is 146 cm³/mol. The van der Waals surface area contributed by atoms with E-state index < -0.39 is 13.2 Å². The molecule has 0 aliphatic rings. The zero-order valence-corrected chi connectivity index (χ0v) is 22.2. The molecule has 0 saturated carbocycles. The van der Waals surface area contributed by atoms with E-state index in [2.05, 4.69) is 28.2 Å². The molecule has 0 saturated heterocycles. The van der Waals surface area contributed by atoms with Crippen molar-refractivity contribution in [3.8, 4) is 5.75 Å². The zero-order chi connectivity index (χ0) is 26.1. The van der Waals surface area contributed by atoms with Crippen LogP contribution in [0.5, 0.6) is 5.75 Å². The van der Waals surface area contributed by atoms with E-state index in [1.807, 2.05) is 58.2 Å². The Morgan fingerprint density at radius 1 is 1.00 bits per heavy atom. The van der Waals surface area contributed by atoms with Gasteiger partial charge in [-0.05, 0) is 86.1 Å². The van der Waals surface area contributed by atoms with Crippen LogP contribution in [0.2, 0.25) is 0 Å². The molecule has 0 aliphatic carbocycles. The van der Waals surface area contributed by atoms with Crippen LogP contribution >= 0.6 is 7.60 Å². The van der Waals surface area contributed by atoms with Gasteiger partial charge in [0.25, 0.3) is 0 Å². The maximum absolute atomic E-state index is 11.7. The second-order valence-electron chi connectivity index (χ2n) is 9.66. The minimum atomic E-state index is -4.21. The Kier molecular flexibility index (Phi) is 7.37. The summed E-state index contributed by atoms with van der Waals surface area (Å²) >= 11 is 0. The van der Waals surface area contributed by atoms with E-state index in [-0.39, 0.29) is 6.16 Å². The summed E-state index contributed by atoms with van der Waals surface area (Å²) in [6, 6.07) is 14.2. The van der Waals surface area contributed by atoms with Crippen LogP contribution in [-0.2, 0) is 17.4 Å². The van der Waals surface area contributed by atoms with Crippen LogP contribution in [0.15, 0.2) is 48.7 Å². The SMILES string of the molecule is CCC(CC)(CP(=O)(O)O)Oc1ccc(CCc2cnc3c(N)nc4cc(C)ccc4c3c2)c(C)c1. The van der Waals surface area contributed by atoms with Crippen molar-refractivity contribution in [1.82, 2.24) is 9.97 Å². The van der Waals surface area contributed by atoms with Crippen LogP contribution in [-0.4, -0.2) is 31.5 Å². The highest BCUT2D eigenvalue weighted by Gasteiger charge is 2.36. The van der Waals surface area contributed by atoms with Crippen molar-refractivity contribution in [2.75, 3.05) is 11.9 Å². The third-order valence-electron chi connectivity index (χ3n) is 6.99. The van der Waals surface area contributed by atoms with Gasteiger partial charge in [-0.3, -0.25) is 9.55 Å². The van der Waals surface area contributed by atoms with E-state index in [1.54, 1.807) is 0 Å². The lowest BCUT2D eigenvalue weighted by atomic mass is 9.98. The first-order valence-corrected chi connectivity index (χ1v) is 14.1. The molecule has 2 heterocycles. The molecule has 36 heavy (non-hydrogen) atoms. The summed E-state index contributed by atoms with van der Waals surface area (Å²) in [6.45, 7) is 7.86. The molecule has 0 spiro atoms. The van der Waals surface area contributed by atoms with E-state index in [0.717, 1.165) is 51.3 Å². The van der Waals surface area contributed by atoms with Gasteiger partial charge in [-0.25, -0.2) is 4.98 Å². The number of anilines is 1. The lowest BCUT2D eigenvalue weighted by molar-refractivity contribution is 0.0780. The Labute approximate surface area is 211 Å². The highest BCUT2D eigenvalue weighted by Crippen LogP contribution is 2.42. The number of hydrogen-bond donors (Lipinski definition) is 3. The summed E-state index contributed by atoms with van der Waals surface area (Å²) in [4.78, 5) is 28.2. The van der Waals surface area contributed by atoms with Crippen molar-refractivity contribution >= 4 is 35.2 Å². The monoisotopic (exact) mass is 507 g/mol. The Morgan fingerprint density at radius 2 is 1.75 bits per heavy atom. The first-order chi connectivity index (χ1) is 17.0. The van der Waals surface area contributed by atoms with Gasteiger partial charge >= 0.3 is 7.60 Å². The number of ether oxygens (including phenoxy) is 1. The molecule has 4 rings (SSSR count). The van der Waals surface area contributed by atoms with E-state index in [1.165, 1.54) is 5.56 Å². The van der Waals surface area contributed by atoms with Crippen LogP contribution in [0.25, 0.3) is 21.8 Å². The number of nitrogens with two attached hydrogens (primary N) is 1. The third kappa shape index (κ3) is 5.70. The molecule has 2 aromatic carbocycles. The highest BCUT2D eigenvalue weighted by molar-refractivity contribution is 7.51. The van der Waals surface area contributed by atoms with Crippen molar-refractivity contribution in [3.05, 3.63) is 70.9 Å². The van der Waals surface area contributed by atoms with E-state index in [9.17, 15) is 14.4 Å². The van der Waals surface area contributed by atoms with Crippen molar-refractivity contribution in [3.63, 3.8) is 0 Å². The molecule has 2 aromatic heterocycles. The Balaban J connectivity index is 1.55. The van der Waals surface area contributed by atoms with Gasteiger partial charge in [0.15, 0.2) is 5.82 Å². The molecule has 0 fully saturated rings. The summed E-state index contributed by atoms with van der Waals surface area (Å²) in [5.41, 5.74) is 11.4. The summed E-state index contributed by atoms with van der Waals surface area (Å²) in [7, 11) is -4.21. The number of nitrogens with zero attached hydrogens (tertiary/aromatic N) is 2. The number of benzene rings is 2. The number of nitrogen functional groups attached to an aromatic ring is 1. The number of hydrogen-bond acceptors (Lipinski definition) is 5. The molecule has 0 amide bonds. The van der Waals surface area contributed by atoms with Gasteiger partial charge in [0, 0.05) is 17.0 Å². The lowest BCUT2D eigenvalue weighted by Gasteiger charge is -2.33. The molecule has 0 bridgehead atoms. The molecular weight excluding hydrogens is 473 g/mol. The number of aryl methyl sites for hydroxylation is 4. The van der Waals surface area contributed by atoms with E-state index in [0.29, 0.717) is 24.4 Å². The second kappa shape index (κ2) is 10.2. The van der Waals surface area contributed by atoms with Crippen molar-refractivity contribution in [1.29, 1.82) is 0 Å². The molecule has 0 aliphatic heterocycles. The predicted octanol–water partition coefficient (Wildman–Crippen LogP) is 5.88. The summed E-state index contributed by atoms with van der Waals surface area (Å²) in [5, 5.41) is 2.05. The summed E-state index contributed by atoms with van der Waals surface area (Å²) in [6.07, 6.45) is 4.23. The minimum absolute atomic E-state index is 0.295. The van der Waals surface area contributed by atoms with Gasteiger partial charge in [0.2, 0.25) is 0 Å². The fourth-order valence-corrected chi connectivity index (χ4v) is 6.03. The fraction of sp³-hybridized carbons (Fsp3) is 0.357. The molecule has 0 unspecified atom stereocenters. The van der Waals surface area contributed by atoms with Gasteiger partial charge < -0.3 is 20.3 Å². The Hall–Kier alpha value is -2.99. The average molecular weight is 508 g/mol. The number of fused-ring (bicyclic) bond motifs is 3. The van der Waals surface area contributed by atoms with Gasteiger partial charge in [0.1, 0.15) is 16.9 Å². The molecule has 4 N–H and O–H groups in total. The summed E-state index contributed by atoms with van der Waals surface area (Å²) in [5.74, 6) is 1.07. The van der Waals surface area contributed by atoms with Crippen LogP contribution < -0.4 is 10.5 Å². The Bertz CT molecular complexity index is 1460. The van der Waals surface area contributed by atoms with Gasteiger partial charge in [-0.15, -0.1) is 0 Å². The topological polar surface area (TPSA) is 119 Å². The van der Waals surface area contributed by atoms with Crippen LogP contribution in [0, 0.1) is 13.8 Å². The van der Waals surface area contributed by atoms with Gasteiger partial charge in [-0.1, -0.05) is 32.0 Å². The van der Waals surface area contributed by atoms with Crippen LogP contribution in [0.3, 0.4) is 0 Å². The van der Waals surface area contributed by atoms with Crippen LogP contribution in [0.4, 0.5) is 5.82 Å². The molecule has 190 valence electrons. The van der Waals surface area contributed by atoms with Gasteiger partial charge in [0.05, 0.1) is 11.7 Å². The van der Waals surface area contributed by atoms with Crippen LogP contribution in [0.1, 0.15) is 48.9 Å². The number of pyridine rings is 2. The summed E-state index contributed by atoms with van der Waals surface area (Å²) < 4.78 is 17.8. The highest BCUT2D eigenvalue weighted by atomic mass is 31.2. The van der Waals surface area contributed by atoms with E-state index in [4.69, 9.17) is 10.5 Å². The number of rotatable bonds is 9. The standard InChI is InChI=1S/C28H34N3O4P/c1-5-28(6-2,17-36(32,33)34)35-22-11-10-21(19(4)14-22)9-8-20-15-24-23-12-7-18(3)13-25(23)31-27(29)26(24)30-16-20/h7,10-16H,5-6,8-9,17H2,1-4H3,(H2,29,31)(H2,32,33,34). The normalized spacial score (nSPS) is 12.4. The Morgan fingerprint density at radius 3 is 2.42 bits per heavy atom. The van der Waals surface area contributed by atoms with Gasteiger partial charge in [-0.2, -0.15) is 0 Å². The van der Waals surface area contributed by atoms with Crippen molar-refractivity contribution in [2.24, 2.45) is 0 Å². The fourth-order valence-electron chi connectivity index (χ4n) is 4.77. The maximum Gasteiger partial charge on any atom is 0.329 e. The second-order valence-corrected chi connectivity index (χ2v) is 11.3. The maximum atomic E-state index is 11.7.